The maximum Gasteiger partial charge on any atom is 0.248 e. The lowest BCUT2D eigenvalue weighted by Gasteiger charge is -2.36. The van der Waals surface area contributed by atoms with Crippen LogP contribution in [0.15, 0.2) is 0 Å². The van der Waals surface area contributed by atoms with Gasteiger partial charge in [-0.05, 0) is 37.2 Å². The molecule has 1 aliphatic carbocycles. The summed E-state index contributed by atoms with van der Waals surface area (Å²) in [5.41, 5.74) is 1.48. The smallest absolute Gasteiger partial charge is 0.248 e. The number of carbonyl (C=O) groups excluding carboxylic acids is 1. The van der Waals surface area contributed by atoms with Gasteiger partial charge in [0.15, 0.2) is 0 Å². The van der Waals surface area contributed by atoms with Crippen LogP contribution >= 0.6 is 11.3 Å². The van der Waals surface area contributed by atoms with E-state index in [2.05, 4.69) is 18.7 Å². The number of aromatic nitrogens is 2. The Morgan fingerprint density at radius 2 is 2.04 bits per heavy atom. The third-order valence-electron chi connectivity index (χ3n) is 5.86. The SMILES string of the molecule is CCCc1nc(N2CCN(C(=O)COC)CC2)c2c3c(sc2n1)C[C@H](C)CC3. The van der Waals surface area contributed by atoms with E-state index in [0.717, 1.165) is 74.3 Å². The van der Waals surface area contributed by atoms with E-state index in [4.69, 9.17) is 14.7 Å². The second kappa shape index (κ2) is 8.33. The summed E-state index contributed by atoms with van der Waals surface area (Å²) in [4.78, 5) is 29.0. The number of amides is 1. The number of rotatable bonds is 5. The summed E-state index contributed by atoms with van der Waals surface area (Å²) in [6, 6.07) is 0. The second-order valence-corrected chi connectivity index (χ2v) is 9.13. The van der Waals surface area contributed by atoms with E-state index in [-0.39, 0.29) is 12.5 Å². The Labute approximate surface area is 170 Å². The Kier molecular flexibility index (Phi) is 5.83. The molecule has 6 nitrogen and oxygen atoms in total. The first-order valence-corrected chi connectivity index (χ1v) is 11.2. The molecular weight excluding hydrogens is 372 g/mol. The zero-order valence-electron chi connectivity index (χ0n) is 17.2. The second-order valence-electron chi connectivity index (χ2n) is 8.05. The van der Waals surface area contributed by atoms with Gasteiger partial charge in [0.1, 0.15) is 23.1 Å². The van der Waals surface area contributed by atoms with E-state index < -0.39 is 0 Å². The number of thiophene rings is 1. The Bertz CT molecular complexity index is 858. The summed E-state index contributed by atoms with van der Waals surface area (Å²) < 4.78 is 5.01. The number of aryl methyl sites for hydroxylation is 2. The summed E-state index contributed by atoms with van der Waals surface area (Å²) in [5, 5.41) is 1.28. The van der Waals surface area contributed by atoms with Crippen molar-refractivity contribution < 1.29 is 9.53 Å². The van der Waals surface area contributed by atoms with Gasteiger partial charge in [-0.3, -0.25) is 4.79 Å². The quantitative estimate of drug-likeness (QED) is 0.769. The van der Waals surface area contributed by atoms with Crippen molar-refractivity contribution in [2.45, 2.75) is 46.0 Å². The summed E-state index contributed by atoms with van der Waals surface area (Å²) in [5.74, 6) is 2.87. The number of hydrogen-bond donors (Lipinski definition) is 0. The van der Waals surface area contributed by atoms with Crippen molar-refractivity contribution in [3.8, 4) is 0 Å². The summed E-state index contributed by atoms with van der Waals surface area (Å²) >= 11 is 1.87. The van der Waals surface area contributed by atoms with Crippen molar-refractivity contribution >= 4 is 33.3 Å². The Morgan fingerprint density at radius 1 is 1.25 bits per heavy atom. The number of carbonyl (C=O) groups is 1. The van der Waals surface area contributed by atoms with Crippen LogP contribution in [0.1, 0.15) is 43.0 Å². The molecule has 1 saturated heterocycles. The van der Waals surface area contributed by atoms with Crippen LogP contribution in [-0.4, -0.2) is 60.7 Å². The molecule has 0 radical (unpaired) electrons. The summed E-state index contributed by atoms with van der Waals surface area (Å²) in [7, 11) is 1.57. The summed E-state index contributed by atoms with van der Waals surface area (Å²) in [6.07, 6.45) is 5.50. The molecule has 152 valence electrons. The molecule has 7 heteroatoms. The van der Waals surface area contributed by atoms with Gasteiger partial charge in [-0.2, -0.15) is 0 Å². The Morgan fingerprint density at radius 3 is 2.75 bits per heavy atom. The maximum atomic E-state index is 12.1. The first-order chi connectivity index (χ1) is 13.6. The highest BCUT2D eigenvalue weighted by Crippen LogP contribution is 2.41. The summed E-state index contributed by atoms with van der Waals surface area (Å²) in [6.45, 7) is 7.75. The fourth-order valence-corrected chi connectivity index (χ4v) is 5.71. The number of methoxy groups -OCH3 is 1. The molecule has 4 rings (SSSR count). The van der Waals surface area contributed by atoms with E-state index in [1.54, 1.807) is 7.11 Å². The van der Waals surface area contributed by atoms with Gasteiger partial charge < -0.3 is 14.5 Å². The molecule has 2 aliphatic rings. The average Bonchev–Trinajstić information content (AvgIpc) is 3.05. The molecule has 0 saturated carbocycles. The van der Waals surface area contributed by atoms with Crippen molar-refractivity contribution in [2.24, 2.45) is 5.92 Å². The van der Waals surface area contributed by atoms with Gasteiger partial charge in [0.05, 0.1) is 5.39 Å². The van der Waals surface area contributed by atoms with Crippen LogP contribution in [-0.2, 0) is 28.8 Å². The minimum atomic E-state index is 0.0727. The standard InChI is InChI=1S/C21H30N4O2S/c1-4-5-17-22-20(25-10-8-24(9-11-25)18(26)13-27-3)19-15-7-6-14(2)12-16(15)28-21(19)23-17/h14H,4-13H2,1-3H3/t14-/m1/s1. The third kappa shape index (κ3) is 3.74. The van der Waals surface area contributed by atoms with Gasteiger partial charge in [0, 0.05) is 44.6 Å². The minimum absolute atomic E-state index is 0.0727. The molecule has 0 spiro atoms. The first kappa shape index (κ1) is 19.6. The first-order valence-electron chi connectivity index (χ1n) is 10.4. The van der Waals surface area contributed by atoms with Crippen molar-refractivity contribution in [1.82, 2.24) is 14.9 Å². The predicted molar refractivity (Wildman–Crippen MR) is 113 cm³/mol. The minimum Gasteiger partial charge on any atom is -0.375 e. The molecular formula is C21H30N4O2S. The van der Waals surface area contributed by atoms with E-state index in [0.29, 0.717) is 0 Å². The highest BCUT2D eigenvalue weighted by Gasteiger charge is 2.28. The molecule has 2 aromatic heterocycles. The molecule has 28 heavy (non-hydrogen) atoms. The lowest BCUT2D eigenvalue weighted by Crippen LogP contribution is -2.50. The number of nitrogens with zero attached hydrogens (tertiary/aromatic N) is 4. The van der Waals surface area contributed by atoms with Crippen molar-refractivity contribution in [2.75, 3.05) is 44.8 Å². The fraction of sp³-hybridized carbons (Fsp3) is 0.667. The molecule has 1 atom stereocenters. The van der Waals surface area contributed by atoms with Crippen LogP contribution < -0.4 is 4.90 Å². The van der Waals surface area contributed by atoms with Crippen LogP contribution in [0.5, 0.6) is 0 Å². The third-order valence-corrected chi connectivity index (χ3v) is 7.00. The Balaban J connectivity index is 1.67. The molecule has 2 aromatic rings. The molecule has 0 aromatic carbocycles. The molecule has 1 aliphatic heterocycles. The maximum absolute atomic E-state index is 12.1. The number of hydrogen-bond acceptors (Lipinski definition) is 6. The zero-order valence-corrected chi connectivity index (χ0v) is 18.0. The normalized spacial score (nSPS) is 19.9. The number of ether oxygens (including phenoxy) is 1. The average molecular weight is 403 g/mol. The zero-order chi connectivity index (χ0) is 19.7. The number of fused-ring (bicyclic) bond motifs is 3. The molecule has 0 unspecified atom stereocenters. The number of anilines is 1. The lowest BCUT2D eigenvalue weighted by molar-refractivity contribution is -0.135. The van der Waals surface area contributed by atoms with E-state index in [9.17, 15) is 4.79 Å². The van der Waals surface area contributed by atoms with Crippen molar-refractivity contribution in [1.29, 1.82) is 0 Å². The van der Waals surface area contributed by atoms with Gasteiger partial charge in [-0.25, -0.2) is 9.97 Å². The molecule has 0 bridgehead atoms. The van der Waals surface area contributed by atoms with Crippen LogP contribution in [0.4, 0.5) is 5.82 Å². The molecule has 1 amide bonds. The van der Waals surface area contributed by atoms with Crippen LogP contribution in [0.25, 0.3) is 10.2 Å². The fourth-order valence-electron chi connectivity index (χ4n) is 4.31. The van der Waals surface area contributed by atoms with Crippen LogP contribution in [0.3, 0.4) is 0 Å². The van der Waals surface area contributed by atoms with Gasteiger partial charge >= 0.3 is 0 Å². The largest absolute Gasteiger partial charge is 0.375 e. The topological polar surface area (TPSA) is 58.6 Å². The van der Waals surface area contributed by atoms with Gasteiger partial charge in [0.2, 0.25) is 5.91 Å². The van der Waals surface area contributed by atoms with Gasteiger partial charge in [-0.1, -0.05) is 13.8 Å². The van der Waals surface area contributed by atoms with Gasteiger partial charge in [0.25, 0.3) is 0 Å². The van der Waals surface area contributed by atoms with Crippen LogP contribution in [0, 0.1) is 5.92 Å². The molecule has 3 heterocycles. The van der Waals surface area contributed by atoms with E-state index >= 15 is 0 Å². The van der Waals surface area contributed by atoms with Gasteiger partial charge in [-0.15, -0.1) is 11.3 Å². The van der Waals surface area contributed by atoms with E-state index in [1.165, 1.54) is 22.2 Å². The lowest BCUT2D eigenvalue weighted by atomic mass is 9.89. The number of piperazine rings is 1. The van der Waals surface area contributed by atoms with Crippen LogP contribution in [0.2, 0.25) is 0 Å². The highest BCUT2D eigenvalue weighted by molar-refractivity contribution is 7.19. The van der Waals surface area contributed by atoms with Crippen molar-refractivity contribution in [3.05, 3.63) is 16.3 Å². The highest BCUT2D eigenvalue weighted by atomic mass is 32.1. The molecule has 1 fully saturated rings. The predicted octanol–water partition coefficient (Wildman–Crippen LogP) is 3.06. The molecule has 0 N–H and O–H groups in total. The monoisotopic (exact) mass is 402 g/mol. The van der Waals surface area contributed by atoms with E-state index in [1.807, 2.05) is 16.2 Å². The Hall–Kier alpha value is -1.73. The van der Waals surface area contributed by atoms with Crippen molar-refractivity contribution in [3.63, 3.8) is 0 Å².